The third-order valence-corrected chi connectivity index (χ3v) is 3.93. The van der Waals surface area contributed by atoms with Gasteiger partial charge in [-0.3, -0.25) is 4.79 Å². The SMILES string of the molecule is Cc1cc(C)cc(-n2cc(C(=O)NCc3ccc(C(F)(F)F)cc3)nn2)c1. The molecule has 0 aliphatic rings. The first-order chi connectivity index (χ1) is 12.7. The molecule has 1 amide bonds. The summed E-state index contributed by atoms with van der Waals surface area (Å²) in [5.41, 5.74) is 2.87. The van der Waals surface area contributed by atoms with E-state index in [4.69, 9.17) is 0 Å². The fraction of sp³-hybridized carbons (Fsp3) is 0.211. The zero-order valence-corrected chi connectivity index (χ0v) is 14.7. The normalized spacial score (nSPS) is 11.4. The second-order valence-electron chi connectivity index (χ2n) is 6.27. The number of hydrogen-bond acceptors (Lipinski definition) is 3. The van der Waals surface area contributed by atoms with Gasteiger partial charge < -0.3 is 5.32 Å². The highest BCUT2D eigenvalue weighted by molar-refractivity contribution is 5.91. The fourth-order valence-electron chi connectivity index (χ4n) is 2.66. The van der Waals surface area contributed by atoms with Crippen molar-refractivity contribution in [1.82, 2.24) is 20.3 Å². The highest BCUT2D eigenvalue weighted by Crippen LogP contribution is 2.29. The molecule has 5 nitrogen and oxygen atoms in total. The van der Waals surface area contributed by atoms with Crippen molar-refractivity contribution in [2.75, 3.05) is 0 Å². The van der Waals surface area contributed by atoms with Crippen molar-refractivity contribution in [3.8, 4) is 5.69 Å². The summed E-state index contributed by atoms with van der Waals surface area (Å²) < 4.78 is 39.2. The maximum absolute atomic E-state index is 12.6. The van der Waals surface area contributed by atoms with Crippen LogP contribution in [0, 0.1) is 13.8 Å². The third-order valence-electron chi connectivity index (χ3n) is 3.93. The first-order valence-corrected chi connectivity index (χ1v) is 8.18. The van der Waals surface area contributed by atoms with E-state index >= 15 is 0 Å². The number of aromatic nitrogens is 3. The Balaban J connectivity index is 1.66. The average Bonchev–Trinajstić information content (AvgIpc) is 3.09. The molecule has 0 spiro atoms. The Morgan fingerprint density at radius 3 is 2.30 bits per heavy atom. The van der Waals surface area contributed by atoms with Crippen LogP contribution in [0.3, 0.4) is 0 Å². The molecule has 3 aromatic rings. The molecule has 2 aromatic carbocycles. The molecule has 1 N–H and O–H groups in total. The molecule has 1 heterocycles. The summed E-state index contributed by atoms with van der Waals surface area (Å²) in [4.78, 5) is 12.2. The van der Waals surface area contributed by atoms with Crippen LogP contribution in [0.4, 0.5) is 13.2 Å². The van der Waals surface area contributed by atoms with Crippen LogP contribution < -0.4 is 5.32 Å². The van der Waals surface area contributed by atoms with E-state index in [1.807, 2.05) is 32.0 Å². The van der Waals surface area contributed by atoms with Crippen LogP contribution in [0.25, 0.3) is 5.69 Å². The Hall–Kier alpha value is -3.16. The number of rotatable bonds is 4. The number of carbonyl (C=O) groups excluding carboxylic acids is 1. The molecule has 0 bridgehead atoms. The molecule has 27 heavy (non-hydrogen) atoms. The van der Waals surface area contributed by atoms with Gasteiger partial charge in [-0.05, 0) is 54.8 Å². The molecule has 0 aliphatic heterocycles. The second-order valence-corrected chi connectivity index (χ2v) is 6.27. The summed E-state index contributed by atoms with van der Waals surface area (Å²) in [5.74, 6) is -0.453. The molecular formula is C19H17F3N4O. The Morgan fingerprint density at radius 1 is 1.07 bits per heavy atom. The molecule has 0 saturated carbocycles. The summed E-state index contributed by atoms with van der Waals surface area (Å²) in [6.45, 7) is 4.02. The molecule has 0 aliphatic carbocycles. The van der Waals surface area contributed by atoms with Gasteiger partial charge in [-0.1, -0.05) is 23.4 Å². The zero-order chi connectivity index (χ0) is 19.6. The molecule has 0 radical (unpaired) electrons. The Bertz CT molecular complexity index is 942. The number of nitrogens with one attached hydrogen (secondary N) is 1. The molecule has 0 saturated heterocycles. The molecule has 0 unspecified atom stereocenters. The van der Waals surface area contributed by atoms with Crippen molar-refractivity contribution in [1.29, 1.82) is 0 Å². The predicted molar refractivity (Wildman–Crippen MR) is 93.4 cm³/mol. The van der Waals surface area contributed by atoms with Crippen LogP contribution in [-0.4, -0.2) is 20.9 Å². The van der Waals surface area contributed by atoms with Gasteiger partial charge >= 0.3 is 6.18 Å². The van der Waals surface area contributed by atoms with E-state index in [2.05, 4.69) is 15.6 Å². The topological polar surface area (TPSA) is 59.8 Å². The van der Waals surface area contributed by atoms with Crippen molar-refractivity contribution in [3.63, 3.8) is 0 Å². The van der Waals surface area contributed by atoms with Crippen molar-refractivity contribution in [2.45, 2.75) is 26.6 Å². The lowest BCUT2D eigenvalue weighted by molar-refractivity contribution is -0.137. The van der Waals surface area contributed by atoms with E-state index in [0.29, 0.717) is 5.56 Å². The molecule has 3 rings (SSSR count). The van der Waals surface area contributed by atoms with E-state index in [1.165, 1.54) is 23.0 Å². The Morgan fingerprint density at radius 2 is 1.70 bits per heavy atom. The van der Waals surface area contributed by atoms with E-state index in [-0.39, 0.29) is 12.2 Å². The highest BCUT2D eigenvalue weighted by Gasteiger charge is 2.29. The first kappa shape index (κ1) is 18.6. The van der Waals surface area contributed by atoms with Gasteiger partial charge in [0.05, 0.1) is 17.4 Å². The standard InChI is InChI=1S/C19H17F3N4O/c1-12-7-13(2)9-16(8-12)26-11-17(24-25-26)18(27)23-10-14-3-5-15(6-4-14)19(20,21)22/h3-9,11H,10H2,1-2H3,(H,23,27). The number of aryl methyl sites for hydroxylation is 2. The van der Waals surface area contributed by atoms with Gasteiger partial charge in [-0.25, -0.2) is 4.68 Å². The minimum absolute atomic E-state index is 0.0907. The monoisotopic (exact) mass is 374 g/mol. The minimum atomic E-state index is -4.38. The summed E-state index contributed by atoms with van der Waals surface area (Å²) >= 11 is 0. The van der Waals surface area contributed by atoms with Gasteiger partial charge in [-0.15, -0.1) is 5.10 Å². The number of nitrogens with zero attached hydrogens (tertiary/aromatic N) is 3. The Labute approximate surface area is 153 Å². The van der Waals surface area contributed by atoms with E-state index in [9.17, 15) is 18.0 Å². The molecule has 140 valence electrons. The lowest BCUT2D eigenvalue weighted by Gasteiger charge is -2.08. The number of carbonyl (C=O) groups is 1. The molecule has 8 heteroatoms. The van der Waals surface area contributed by atoms with Crippen molar-refractivity contribution in [2.24, 2.45) is 0 Å². The van der Waals surface area contributed by atoms with Gasteiger partial charge in [-0.2, -0.15) is 13.2 Å². The number of hydrogen-bond donors (Lipinski definition) is 1. The van der Waals surface area contributed by atoms with Crippen LogP contribution >= 0.6 is 0 Å². The van der Waals surface area contributed by atoms with Gasteiger partial charge in [0, 0.05) is 6.54 Å². The summed E-state index contributed by atoms with van der Waals surface area (Å²) in [6.07, 6.45) is -2.87. The van der Waals surface area contributed by atoms with E-state index < -0.39 is 17.6 Å². The Kier molecular flexibility index (Phi) is 4.98. The number of benzene rings is 2. The molecular weight excluding hydrogens is 357 g/mol. The fourth-order valence-corrected chi connectivity index (χ4v) is 2.66. The van der Waals surface area contributed by atoms with E-state index in [1.54, 1.807) is 0 Å². The minimum Gasteiger partial charge on any atom is -0.347 e. The van der Waals surface area contributed by atoms with Crippen LogP contribution in [0.1, 0.15) is 32.7 Å². The number of halogens is 3. The second kappa shape index (κ2) is 7.22. The lowest BCUT2D eigenvalue weighted by Crippen LogP contribution is -2.23. The van der Waals surface area contributed by atoms with Crippen LogP contribution in [0.5, 0.6) is 0 Å². The van der Waals surface area contributed by atoms with Gasteiger partial charge in [0.1, 0.15) is 0 Å². The number of amides is 1. The van der Waals surface area contributed by atoms with Gasteiger partial charge in [0.2, 0.25) is 0 Å². The summed E-state index contributed by atoms with van der Waals surface area (Å²) in [5, 5.41) is 10.5. The maximum Gasteiger partial charge on any atom is 0.416 e. The average molecular weight is 374 g/mol. The highest BCUT2D eigenvalue weighted by atomic mass is 19.4. The quantitative estimate of drug-likeness (QED) is 0.755. The van der Waals surface area contributed by atoms with Crippen molar-refractivity contribution in [3.05, 3.63) is 76.6 Å². The predicted octanol–water partition coefficient (Wildman–Crippen LogP) is 3.83. The van der Waals surface area contributed by atoms with Crippen LogP contribution in [-0.2, 0) is 12.7 Å². The van der Waals surface area contributed by atoms with Crippen molar-refractivity contribution < 1.29 is 18.0 Å². The molecule has 1 aromatic heterocycles. The maximum atomic E-state index is 12.6. The first-order valence-electron chi connectivity index (χ1n) is 8.18. The number of alkyl halides is 3. The summed E-state index contributed by atoms with van der Waals surface area (Å²) in [7, 11) is 0. The van der Waals surface area contributed by atoms with E-state index in [0.717, 1.165) is 28.9 Å². The largest absolute Gasteiger partial charge is 0.416 e. The molecule has 0 fully saturated rings. The van der Waals surface area contributed by atoms with Crippen molar-refractivity contribution >= 4 is 5.91 Å². The summed E-state index contributed by atoms with van der Waals surface area (Å²) in [6, 6.07) is 10.5. The zero-order valence-electron chi connectivity index (χ0n) is 14.7. The lowest BCUT2D eigenvalue weighted by atomic mass is 10.1. The van der Waals surface area contributed by atoms with Gasteiger partial charge in [0.25, 0.3) is 5.91 Å². The molecule has 0 atom stereocenters. The van der Waals surface area contributed by atoms with Crippen LogP contribution in [0.15, 0.2) is 48.7 Å². The van der Waals surface area contributed by atoms with Crippen LogP contribution in [0.2, 0.25) is 0 Å². The smallest absolute Gasteiger partial charge is 0.347 e. The third kappa shape index (κ3) is 4.52. The van der Waals surface area contributed by atoms with Gasteiger partial charge in [0.15, 0.2) is 5.69 Å².